The van der Waals surface area contributed by atoms with Gasteiger partial charge in [0.25, 0.3) is 0 Å². The van der Waals surface area contributed by atoms with Crippen LogP contribution in [0, 0.1) is 5.92 Å². The Morgan fingerprint density at radius 2 is 1.62 bits per heavy atom. The smallest absolute Gasteiger partial charge is 0.412 e. The van der Waals surface area contributed by atoms with Crippen molar-refractivity contribution >= 4 is 32.0 Å². The van der Waals surface area contributed by atoms with Crippen LogP contribution in [0.25, 0.3) is 0 Å². The second kappa shape index (κ2) is 15.0. The molecule has 9 nitrogen and oxygen atoms in total. The molecule has 0 unspecified atom stereocenters. The topological polar surface area (TPSA) is 94.6 Å². The third-order valence-electron chi connectivity index (χ3n) is 7.72. The zero-order valence-corrected chi connectivity index (χ0v) is 30.9. The van der Waals surface area contributed by atoms with E-state index in [2.05, 4.69) is 15.9 Å². The molecule has 0 radical (unpaired) electrons. The molecular weight excluding hydrogens is 684 g/mol. The fourth-order valence-corrected chi connectivity index (χ4v) is 7.65. The summed E-state index contributed by atoms with van der Waals surface area (Å²) in [4.78, 5) is 15.5. The van der Waals surface area contributed by atoms with E-state index in [-0.39, 0.29) is 23.9 Å². The molecule has 0 bridgehead atoms. The molecule has 1 saturated heterocycles. The second-order valence-corrected chi connectivity index (χ2v) is 16.4. The monoisotopic (exact) mass is 730 g/mol. The number of hydrogen-bond acceptors (Lipinski definition) is 7. The van der Waals surface area contributed by atoms with Gasteiger partial charge in [-0.2, -0.15) is 4.31 Å². The number of hydrogen-bond donors (Lipinski definition) is 0. The maximum Gasteiger partial charge on any atom is 0.412 e. The molecule has 0 N–H and O–H groups in total. The van der Waals surface area contributed by atoms with Crippen LogP contribution in [-0.2, 0) is 32.5 Å². The summed E-state index contributed by atoms with van der Waals surface area (Å²) >= 11 is 3.52. The average Bonchev–Trinajstić information content (AvgIpc) is 3.24. The van der Waals surface area contributed by atoms with Crippen LogP contribution in [0.3, 0.4) is 0 Å². The Balaban J connectivity index is 1.63. The number of para-hydroxylation sites is 1. The Hall–Kier alpha value is -3.12. The zero-order chi connectivity index (χ0) is 34.6. The lowest BCUT2D eigenvalue weighted by atomic mass is 9.99. The van der Waals surface area contributed by atoms with Gasteiger partial charge in [0.1, 0.15) is 29.4 Å². The van der Waals surface area contributed by atoms with Gasteiger partial charge < -0.3 is 18.9 Å². The van der Waals surface area contributed by atoms with Gasteiger partial charge in [-0.25, -0.2) is 13.2 Å². The first-order valence-electron chi connectivity index (χ1n) is 15.8. The molecule has 1 fully saturated rings. The van der Waals surface area contributed by atoms with Gasteiger partial charge >= 0.3 is 6.09 Å². The number of ether oxygens (including phenoxy) is 4. The van der Waals surface area contributed by atoms with Gasteiger partial charge in [-0.1, -0.05) is 50.2 Å². The number of methoxy groups -OCH3 is 1. The number of nitrogens with zero attached hydrogens (tertiary/aromatic N) is 2. The van der Waals surface area contributed by atoms with Gasteiger partial charge in [-0.05, 0) is 110 Å². The van der Waals surface area contributed by atoms with Gasteiger partial charge in [0, 0.05) is 13.1 Å². The van der Waals surface area contributed by atoms with Gasteiger partial charge in [0.2, 0.25) is 10.0 Å². The largest absolute Gasteiger partial charge is 0.497 e. The van der Waals surface area contributed by atoms with E-state index in [1.165, 1.54) is 11.4 Å². The summed E-state index contributed by atoms with van der Waals surface area (Å²) in [5.74, 6) is 1.37. The van der Waals surface area contributed by atoms with Crippen molar-refractivity contribution in [2.24, 2.45) is 5.92 Å². The number of halogens is 1. The lowest BCUT2D eigenvalue weighted by Gasteiger charge is -2.35. The predicted octanol–water partition coefficient (Wildman–Crippen LogP) is 7.67. The molecule has 2 atom stereocenters. The van der Waals surface area contributed by atoms with Crippen LogP contribution in [-0.4, -0.2) is 67.4 Å². The molecule has 3 aromatic rings. The fourth-order valence-electron chi connectivity index (χ4n) is 5.63. The van der Waals surface area contributed by atoms with Crippen LogP contribution < -0.4 is 9.47 Å². The van der Waals surface area contributed by atoms with E-state index in [1.807, 2.05) is 97.0 Å². The molecule has 1 aliphatic rings. The molecule has 1 aliphatic heterocycles. The van der Waals surface area contributed by atoms with Crippen molar-refractivity contribution in [2.45, 2.75) is 89.9 Å². The van der Waals surface area contributed by atoms with E-state index >= 15 is 0 Å². The lowest BCUT2D eigenvalue weighted by molar-refractivity contribution is -0.0806. The fraction of sp³-hybridized carbons (Fsp3) is 0.472. The summed E-state index contributed by atoms with van der Waals surface area (Å²) < 4.78 is 54.0. The summed E-state index contributed by atoms with van der Waals surface area (Å²) in [6.45, 7) is 13.8. The van der Waals surface area contributed by atoms with Crippen molar-refractivity contribution in [1.82, 2.24) is 9.21 Å². The molecule has 1 amide bonds. The number of benzene rings is 3. The number of carbonyl (C=O) groups excluding carboxylic acids is 1. The summed E-state index contributed by atoms with van der Waals surface area (Å²) in [7, 11) is -2.36. The first kappa shape index (κ1) is 36.7. The molecule has 11 heteroatoms. The van der Waals surface area contributed by atoms with Crippen LogP contribution in [0.4, 0.5) is 4.79 Å². The SMILES string of the molecule is COc1ccc(S(=O)(=O)N(CC(C)C)C[C@H]2OC(C)(C)N(C(=O)OC(C)(C)C)[C@H]2Cc2ccc(COc3ccccc3Br)cc2)cc1. The minimum absolute atomic E-state index is 0.0455. The first-order chi connectivity index (χ1) is 22.0. The number of amides is 1. The summed E-state index contributed by atoms with van der Waals surface area (Å²) in [5, 5.41) is 0. The highest BCUT2D eigenvalue weighted by Gasteiger charge is 2.52. The molecule has 4 rings (SSSR count). The summed E-state index contributed by atoms with van der Waals surface area (Å²) in [5.41, 5.74) is 0.170. The second-order valence-electron chi connectivity index (χ2n) is 13.7. The molecular formula is C36H47BrN2O7S. The normalized spacial score (nSPS) is 18.1. The van der Waals surface area contributed by atoms with Crippen LogP contribution in [0.5, 0.6) is 11.5 Å². The quantitative estimate of drug-likeness (QED) is 0.189. The zero-order valence-electron chi connectivity index (χ0n) is 28.5. The van der Waals surface area contributed by atoms with Gasteiger partial charge in [-0.15, -0.1) is 0 Å². The Kier molecular flexibility index (Phi) is 11.7. The van der Waals surface area contributed by atoms with E-state index in [1.54, 1.807) is 29.2 Å². The molecule has 256 valence electrons. The van der Waals surface area contributed by atoms with E-state index in [4.69, 9.17) is 18.9 Å². The number of carbonyl (C=O) groups is 1. The average molecular weight is 732 g/mol. The van der Waals surface area contributed by atoms with Gasteiger partial charge in [0.15, 0.2) is 0 Å². The van der Waals surface area contributed by atoms with Crippen LogP contribution in [0.1, 0.15) is 59.6 Å². The van der Waals surface area contributed by atoms with Crippen LogP contribution >= 0.6 is 15.9 Å². The van der Waals surface area contributed by atoms with Crippen molar-refractivity contribution in [1.29, 1.82) is 0 Å². The Bertz CT molecular complexity index is 1600. The van der Waals surface area contributed by atoms with E-state index in [0.29, 0.717) is 18.8 Å². The third-order valence-corrected chi connectivity index (χ3v) is 10.2. The van der Waals surface area contributed by atoms with Crippen molar-refractivity contribution in [3.63, 3.8) is 0 Å². The van der Waals surface area contributed by atoms with Crippen LogP contribution in [0.15, 0.2) is 82.2 Å². The molecule has 0 spiro atoms. The Morgan fingerprint density at radius 1 is 1.00 bits per heavy atom. The highest BCUT2D eigenvalue weighted by atomic mass is 79.9. The van der Waals surface area contributed by atoms with Gasteiger partial charge in [0.05, 0.1) is 28.6 Å². The highest BCUT2D eigenvalue weighted by Crippen LogP contribution is 2.37. The summed E-state index contributed by atoms with van der Waals surface area (Å²) in [6, 6.07) is 21.6. The van der Waals surface area contributed by atoms with E-state index in [9.17, 15) is 13.2 Å². The standard InChI is InChI=1S/C36H47BrN2O7S/c1-25(2)22-38(47(41,42)29-19-17-28(43-8)18-20-29)23-33-31(39(36(6,7)45-33)34(40)46-35(3,4)5)21-26-13-15-27(16-14-26)24-44-32-12-10-9-11-30(32)37/h9-20,25,31,33H,21-24H2,1-8H3/t31-,33+/m0/s1. The minimum atomic E-state index is -3.90. The molecule has 0 aliphatic carbocycles. The number of rotatable bonds is 12. The molecule has 3 aromatic carbocycles. The molecule has 0 aromatic heterocycles. The van der Waals surface area contributed by atoms with Crippen molar-refractivity contribution in [2.75, 3.05) is 20.2 Å². The van der Waals surface area contributed by atoms with E-state index < -0.39 is 39.6 Å². The third kappa shape index (κ3) is 9.49. The maximum atomic E-state index is 14.0. The van der Waals surface area contributed by atoms with Crippen molar-refractivity contribution in [3.8, 4) is 11.5 Å². The molecule has 47 heavy (non-hydrogen) atoms. The first-order valence-corrected chi connectivity index (χ1v) is 18.0. The maximum absolute atomic E-state index is 14.0. The van der Waals surface area contributed by atoms with Gasteiger partial charge in [-0.3, -0.25) is 4.90 Å². The van der Waals surface area contributed by atoms with E-state index in [0.717, 1.165) is 21.3 Å². The van der Waals surface area contributed by atoms with Crippen molar-refractivity contribution < 1.29 is 32.2 Å². The number of sulfonamides is 1. The van der Waals surface area contributed by atoms with Crippen LogP contribution in [0.2, 0.25) is 0 Å². The highest BCUT2D eigenvalue weighted by molar-refractivity contribution is 9.10. The summed E-state index contributed by atoms with van der Waals surface area (Å²) in [6.07, 6.45) is -0.721. The minimum Gasteiger partial charge on any atom is -0.497 e. The molecule has 0 saturated carbocycles. The Labute approximate surface area is 288 Å². The predicted molar refractivity (Wildman–Crippen MR) is 186 cm³/mol. The lowest BCUT2D eigenvalue weighted by Crippen LogP contribution is -2.52. The Morgan fingerprint density at radius 3 is 2.19 bits per heavy atom. The van der Waals surface area contributed by atoms with Crippen molar-refractivity contribution in [3.05, 3.63) is 88.4 Å². The molecule has 1 heterocycles.